The predicted molar refractivity (Wildman–Crippen MR) is 117 cm³/mol. The van der Waals surface area contributed by atoms with Gasteiger partial charge in [0, 0.05) is 5.39 Å². The summed E-state index contributed by atoms with van der Waals surface area (Å²) in [4.78, 5) is 13.9. The normalized spacial score (nSPS) is 12.2. The average molecular weight is 407 g/mol. The monoisotopic (exact) mass is 406 g/mol. The Morgan fingerprint density at radius 3 is 2.45 bits per heavy atom. The number of aliphatic hydroxyl groups excluding tert-OH is 1. The lowest BCUT2D eigenvalue weighted by Gasteiger charge is -2.17. The Kier molecular flexibility index (Phi) is 5.47. The van der Waals surface area contributed by atoms with Gasteiger partial charge in [0.15, 0.2) is 0 Å². The molecule has 0 bridgehead atoms. The number of aliphatic hydroxyl groups is 1. The van der Waals surface area contributed by atoms with Crippen molar-refractivity contribution in [3.8, 4) is 16.3 Å². The molecule has 2 aromatic carbocycles. The smallest absolute Gasteiger partial charge is 0.274 e. The molecule has 0 aliphatic rings. The van der Waals surface area contributed by atoms with E-state index in [4.69, 9.17) is 4.74 Å². The van der Waals surface area contributed by atoms with Gasteiger partial charge in [-0.15, -0.1) is 11.3 Å². The molecule has 1 atom stereocenters. The Bertz CT molecular complexity index is 1180. The second kappa shape index (κ2) is 8.19. The summed E-state index contributed by atoms with van der Waals surface area (Å²) in [7, 11) is 0. The minimum Gasteiger partial charge on any atom is -0.490 e. The van der Waals surface area contributed by atoms with Gasteiger partial charge in [-0.1, -0.05) is 42.5 Å². The quantitative estimate of drug-likeness (QED) is 0.522. The van der Waals surface area contributed by atoms with E-state index < -0.39 is 6.10 Å². The first kappa shape index (κ1) is 19.4. The summed E-state index contributed by atoms with van der Waals surface area (Å²) in [5, 5.41) is 18.5. The summed E-state index contributed by atoms with van der Waals surface area (Å²) in [6, 6.07) is 17.3. The molecule has 0 radical (unpaired) electrons. The van der Waals surface area contributed by atoms with Gasteiger partial charge in [-0.2, -0.15) is 5.10 Å². The van der Waals surface area contributed by atoms with Gasteiger partial charge in [0.05, 0.1) is 16.8 Å². The minimum absolute atomic E-state index is 0.0625. The first-order valence-corrected chi connectivity index (χ1v) is 10.3. The molecular weight excluding hydrogens is 384 g/mol. The molecule has 0 fully saturated rings. The molecule has 0 amide bonds. The van der Waals surface area contributed by atoms with Crippen molar-refractivity contribution in [3.63, 3.8) is 0 Å². The Hall–Kier alpha value is -2.96. The SMILES string of the molecule is Cc1cccc(C)c1OC[C@@H](O)Cn1nc(-c2cccs2)c2ccccc2c1=O. The lowest BCUT2D eigenvalue weighted by Crippen LogP contribution is -2.32. The molecule has 0 saturated carbocycles. The molecule has 0 unspecified atom stereocenters. The summed E-state index contributed by atoms with van der Waals surface area (Å²) < 4.78 is 7.18. The van der Waals surface area contributed by atoms with Crippen LogP contribution in [0.3, 0.4) is 0 Å². The van der Waals surface area contributed by atoms with Crippen molar-refractivity contribution in [2.45, 2.75) is 26.5 Å². The number of para-hydroxylation sites is 1. The number of hydrogen-bond acceptors (Lipinski definition) is 5. The largest absolute Gasteiger partial charge is 0.490 e. The van der Waals surface area contributed by atoms with Gasteiger partial charge >= 0.3 is 0 Å². The highest BCUT2D eigenvalue weighted by Crippen LogP contribution is 2.28. The summed E-state index contributed by atoms with van der Waals surface area (Å²) in [6.07, 6.45) is -0.864. The number of ether oxygens (including phenoxy) is 1. The van der Waals surface area contributed by atoms with E-state index >= 15 is 0 Å². The van der Waals surface area contributed by atoms with Crippen molar-refractivity contribution in [2.24, 2.45) is 0 Å². The van der Waals surface area contributed by atoms with E-state index in [0.717, 1.165) is 32.8 Å². The first-order valence-electron chi connectivity index (χ1n) is 9.45. The maximum absolute atomic E-state index is 12.9. The number of thiophene rings is 1. The number of rotatable bonds is 6. The summed E-state index contributed by atoms with van der Waals surface area (Å²) in [6.45, 7) is 4.09. The number of benzene rings is 2. The van der Waals surface area contributed by atoms with Gasteiger partial charge in [-0.25, -0.2) is 4.68 Å². The Balaban J connectivity index is 1.62. The molecule has 148 valence electrons. The first-order chi connectivity index (χ1) is 14.0. The highest BCUT2D eigenvalue weighted by molar-refractivity contribution is 7.13. The van der Waals surface area contributed by atoms with Gasteiger partial charge in [0.25, 0.3) is 5.56 Å². The van der Waals surface area contributed by atoms with Gasteiger partial charge < -0.3 is 9.84 Å². The van der Waals surface area contributed by atoms with Crippen LogP contribution in [0.5, 0.6) is 5.75 Å². The van der Waals surface area contributed by atoms with Crippen LogP contribution in [0.2, 0.25) is 0 Å². The van der Waals surface area contributed by atoms with E-state index in [1.807, 2.05) is 67.8 Å². The zero-order valence-electron chi connectivity index (χ0n) is 16.3. The zero-order valence-corrected chi connectivity index (χ0v) is 17.1. The lowest BCUT2D eigenvalue weighted by atomic mass is 10.1. The van der Waals surface area contributed by atoms with Crippen LogP contribution in [-0.4, -0.2) is 27.6 Å². The van der Waals surface area contributed by atoms with Crippen molar-refractivity contribution < 1.29 is 9.84 Å². The number of nitrogens with zero attached hydrogens (tertiary/aromatic N) is 2. The molecule has 0 aliphatic heterocycles. The fourth-order valence-electron chi connectivity index (χ4n) is 3.41. The van der Waals surface area contributed by atoms with Gasteiger partial charge in [0.2, 0.25) is 0 Å². The summed E-state index contributed by atoms with van der Waals surface area (Å²) >= 11 is 1.57. The van der Waals surface area contributed by atoms with Crippen LogP contribution in [0, 0.1) is 13.8 Å². The van der Waals surface area contributed by atoms with E-state index in [1.165, 1.54) is 4.68 Å². The maximum Gasteiger partial charge on any atom is 0.274 e. The fourth-order valence-corrected chi connectivity index (χ4v) is 4.14. The Morgan fingerprint density at radius 1 is 1.03 bits per heavy atom. The second-order valence-electron chi connectivity index (χ2n) is 7.04. The number of aryl methyl sites for hydroxylation is 2. The van der Waals surface area contributed by atoms with Gasteiger partial charge in [-0.05, 0) is 42.5 Å². The second-order valence-corrected chi connectivity index (χ2v) is 7.99. The summed E-state index contributed by atoms with van der Waals surface area (Å²) in [5.41, 5.74) is 2.56. The molecule has 5 nitrogen and oxygen atoms in total. The van der Waals surface area contributed by atoms with Crippen molar-refractivity contribution in [2.75, 3.05) is 6.61 Å². The molecule has 0 saturated heterocycles. The Labute approximate surface area is 172 Å². The van der Waals surface area contributed by atoms with Crippen LogP contribution in [0.4, 0.5) is 0 Å². The lowest BCUT2D eigenvalue weighted by molar-refractivity contribution is 0.0876. The standard InChI is InChI=1S/C23H22N2O3S/c1-15-7-5-8-16(2)22(15)28-14-17(26)13-25-23(27)19-10-4-3-9-18(19)21(24-25)20-11-6-12-29-20/h3-12,17,26H,13-14H2,1-2H3/t17-/m0/s1. The third kappa shape index (κ3) is 3.95. The van der Waals surface area contributed by atoms with Crippen LogP contribution < -0.4 is 10.3 Å². The molecular formula is C23H22N2O3S. The Morgan fingerprint density at radius 2 is 1.76 bits per heavy atom. The van der Waals surface area contributed by atoms with Crippen LogP contribution in [0.1, 0.15) is 11.1 Å². The molecule has 2 aromatic heterocycles. The van der Waals surface area contributed by atoms with E-state index in [9.17, 15) is 9.90 Å². The van der Waals surface area contributed by atoms with Crippen LogP contribution >= 0.6 is 11.3 Å². The summed E-state index contributed by atoms with van der Waals surface area (Å²) in [5.74, 6) is 0.768. The molecule has 6 heteroatoms. The van der Waals surface area contributed by atoms with Gasteiger partial charge in [-0.3, -0.25) is 4.79 Å². The number of hydrogen-bond donors (Lipinski definition) is 1. The van der Waals surface area contributed by atoms with E-state index in [0.29, 0.717) is 5.39 Å². The molecule has 0 spiro atoms. The van der Waals surface area contributed by atoms with Crippen molar-refractivity contribution in [3.05, 3.63) is 81.5 Å². The highest BCUT2D eigenvalue weighted by atomic mass is 32.1. The predicted octanol–water partition coefficient (Wildman–Crippen LogP) is 4.18. The maximum atomic E-state index is 12.9. The van der Waals surface area contributed by atoms with E-state index in [1.54, 1.807) is 17.4 Å². The number of fused-ring (bicyclic) bond motifs is 1. The topological polar surface area (TPSA) is 64.3 Å². The third-order valence-electron chi connectivity index (χ3n) is 4.83. The van der Waals surface area contributed by atoms with Crippen LogP contribution in [0.25, 0.3) is 21.3 Å². The van der Waals surface area contributed by atoms with Crippen LogP contribution in [-0.2, 0) is 6.54 Å². The molecule has 2 heterocycles. The minimum atomic E-state index is -0.864. The average Bonchev–Trinajstić information content (AvgIpc) is 3.24. The molecule has 29 heavy (non-hydrogen) atoms. The third-order valence-corrected chi connectivity index (χ3v) is 5.71. The van der Waals surface area contributed by atoms with Crippen molar-refractivity contribution in [1.82, 2.24) is 9.78 Å². The molecule has 1 N–H and O–H groups in total. The highest BCUT2D eigenvalue weighted by Gasteiger charge is 2.16. The van der Waals surface area contributed by atoms with E-state index in [2.05, 4.69) is 5.10 Å². The fraction of sp³-hybridized carbons (Fsp3) is 0.217. The molecule has 4 aromatic rings. The van der Waals surface area contributed by atoms with Crippen molar-refractivity contribution in [1.29, 1.82) is 0 Å². The van der Waals surface area contributed by atoms with E-state index in [-0.39, 0.29) is 18.7 Å². The zero-order chi connectivity index (χ0) is 20.4. The number of aromatic nitrogens is 2. The van der Waals surface area contributed by atoms with Crippen LogP contribution in [0.15, 0.2) is 64.8 Å². The van der Waals surface area contributed by atoms with Crippen molar-refractivity contribution >= 4 is 22.1 Å². The molecule has 4 rings (SSSR count). The van der Waals surface area contributed by atoms with Gasteiger partial charge in [0.1, 0.15) is 24.2 Å². The molecule has 0 aliphatic carbocycles.